The zero-order valence-corrected chi connectivity index (χ0v) is 38.0. The summed E-state index contributed by atoms with van der Waals surface area (Å²) in [5.41, 5.74) is -28.0. The lowest BCUT2D eigenvalue weighted by molar-refractivity contribution is -0.400. The van der Waals surface area contributed by atoms with Crippen molar-refractivity contribution in [3.05, 3.63) is 119 Å². The van der Waals surface area contributed by atoms with Gasteiger partial charge in [-0.05, 0) is 48.5 Å². The van der Waals surface area contributed by atoms with Crippen LogP contribution in [0.3, 0.4) is 0 Å². The van der Waals surface area contributed by atoms with Crippen molar-refractivity contribution >= 4 is 0 Å². The Kier molecular flexibility index (Phi) is 16.8. The molecule has 1 N–H and O–H groups in total. The van der Waals surface area contributed by atoms with Crippen LogP contribution in [0.15, 0.2) is 97.1 Å². The molecule has 9 nitrogen and oxygen atoms in total. The topological polar surface area (TPSA) is 101 Å². The highest BCUT2D eigenvalue weighted by Crippen LogP contribution is 2.58. The number of rotatable bonds is 20. The van der Waals surface area contributed by atoms with Gasteiger partial charge in [-0.3, -0.25) is 0 Å². The van der Waals surface area contributed by atoms with Crippen molar-refractivity contribution in [2.45, 2.75) is 90.1 Å². The van der Waals surface area contributed by atoms with E-state index in [0.717, 1.165) is 0 Å². The minimum atomic E-state index is -6.65. The van der Waals surface area contributed by atoms with Gasteiger partial charge in [0, 0.05) is 22.3 Å². The van der Waals surface area contributed by atoms with Crippen LogP contribution >= 0.6 is 0 Å². The Bertz CT molecular complexity index is 2370. The molecule has 2 aliphatic rings. The first-order valence-electron chi connectivity index (χ1n) is 21.4. The van der Waals surface area contributed by atoms with Crippen LogP contribution in [-0.2, 0) is 50.8 Å². The smallest absolute Gasteiger partial charge is 0.430 e. The van der Waals surface area contributed by atoms with Crippen LogP contribution < -0.4 is 9.47 Å². The third-order valence-corrected chi connectivity index (χ3v) is 11.5. The van der Waals surface area contributed by atoms with E-state index in [2.05, 4.69) is 28.4 Å². The monoisotopic (exact) mass is 1170 g/mol. The molecule has 0 bridgehead atoms. The molecule has 0 spiro atoms. The molecule has 2 fully saturated rings. The molecule has 2 aliphatic heterocycles. The van der Waals surface area contributed by atoms with E-state index in [0.29, 0.717) is 48.5 Å². The molecule has 33 heteroatoms. The van der Waals surface area contributed by atoms with Crippen molar-refractivity contribution in [1.29, 1.82) is 0 Å². The fraction of sp³-hybridized carbons (Fsp3) is 0.467. The van der Waals surface area contributed by atoms with Gasteiger partial charge in [-0.1, -0.05) is 48.5 Å². The Hall–Kier alpha value is -5.48. The van der Waals surface area contributed by atoms with Gasteiger partial charge in [0.15, 0.2) is 0 Å². The van der Waals surface area contributed by atoms with Gasteiger partial charge in [0.05, 0.1) is 39.6 Å². The van der Waals surface area contributed by atoms with Gasteiger partial charge in [0.1, 0.15) is 41.3 Å². The molecule has 0 radical (unpaired) electrons. The SMILES string of the molecule is OC(COC(c1ccc(Oc2ccc(C(OCC3CO3)(C(F)(F)F)C(F)(F)F)cc2)cc1)(C(F)(F)F)C(F)(F)F)COC(c1ccc(Oc2ccc(C(OCC3CO3)(C(F)(F)F)C(F)(F)F)cc2)cc1)(C(F)(F)F)C(F)(F)F. The first kappa shape index (κ1) is 61.7. The number of aliphatic hydroxyl groups excluding tert-OH is 1. The standard InChI is InChI=1S/C45H32F24O9/c46-38(47,48)34(39(49,50)51,23-1-9-28(10-2-23)77-30-13-5-25(6-14-30)36(42(58,59)60,43(61,62)63)75-21-32-19-71-32)73-17-27(70)18-74-35(40(52,53)54,41(55,56)57)24-3-11-29(12-4-24)78-31-15-7-26(8-16-31)37(44(64,65)66,45(67,68)69)76-22-33-20-72-33/h1-16,27,32-33,70H,17-22H2. The van der Waals surface area contributed by atoms with Crippen molar-refractivity contribution < 1.29 is 148 Å². The van der Waals surface area contributed by atoms with E-state index in [1.165, 1.54) is 0 Å². The van der Waals surface area contributed by atoms with Crippen molar-refractivity contribution in [3.8, 4) is 23.0 Å². The summed E-state index contributed by atoms with van der Waals surface area (Å²) in [6.07, 6.45) is -56.5. The summed E-state index contributed by atoms with van der Waals surface area (Å²) in [6, 6.07) is 4.21. The molecule has 78 heavy (non-hydrogen) atoms. The fourth-order valence-corrected chi connectivity index (χ4v) is 7.50. The minimum absolute atomic E-state index is 0.00530. The van der Waals surface area contributed by atoms with Gasteiger partial charge >= 0.3 is 49.4 Å². The number of ether oxygens (including phenoxy) is 8. The van der Waals surface area contributed by atoms with Crippen molar-refractivity contribution in [2.75, 3.05) is 39.6 Å². The van der Waals surface area contributed by atoms with Crippen LogP contribution in [-0.4, -0.2) is 112 Å². The highest BCUT2D eigenvalue weighted by molar-refractivity contribution is 5.41. The van der Waals surface area contributed by atoms with E-state index in [1.807, 2.05) is 0 Å². The number of hydrogen-bond acceptors (Lipinski definition) is 9. The normalized spacial score (nSPS) is 18.0. The predicted octanol–water partition coefficient (Wildman–Crippen LogP) is 13.5. The maximum Gasteiger partial charge on any atom is 0.430 e. The molecular weight excluding hydrogens is 1140 g/mol. The van der Waals surface area contributed by atoms with Crippen LogP contribution in [0.2, 0.25) is 0 Å². The molecule has 2 saturated heterocycles. The zero-order valence-electron chi connectivity index (χ0n) is 38.0. The third kappa shape index (κ3) is 12.0. The molecule has 0 aliphatic carbocycles. The highest BCUT2D eigenvalue weighted by Gasteiger charge is 2.77. The van der Waals surface area contributed by atoms with Crippen molar-refractivity contribution in [2.24, 2.45) is 0 Å². The minimum Gasteiger partial charge on any atom is -0.457 e. The number of epoxide rings is 2. The van der Waals surface area contributed by atoms with E-state index in [4.69, 9.17) is 9.47 Å². The third-order valence-electron chi connectivity index (χ3n) is 11.5. The van der Waals surface area contributed by atoms with E-state index in [9.17, 15) is 110 Å². The number of alkyl halides is 24. The van der Waals surface area contributed by atoms with Crippen molar-refractivity contribution in [1.82, 2.24) is 0 Å². The summed E-state index contributed by atoms with van der Waals surface area (Å²) in [7, 11) is 0. The fourth-order valence-electron chi connectivity index (χ4n) is 7.50. The zero-order chi connectivity index (χ0) is 58.6. The quantitative estimate of drug-likeness (QED) is 0.0685. The molecular formula is C45H32F24O9. The maximum absolute atomic E-state index is 14.6. The number of hydrogen-bond donors (Lipinski definition) is 1. The lowest BCUT2D eigenvalue weighted by atomic mass is 9.91. The molecule has 2 heterocycles. The molecule has 2 atom stereocenters. The summed E-state index contributed by atoms with van der Waals surface area (Å²) in [6.45, 7) is -7.54. The average molecular weight is 1170 g/mol. The second kappa shape index (κ2) is 21.2. The van der Waals surface area contributed by atoms with Gasteiger partial charge in [0.2, 0.25) is 0 Å². The first-order valence-corrected chi connectivity index (χ1v) is 21.4. The van der Waals surface area contributed by atoms with Gasteiger partial charge in [-0.15, -0.1) is 0 Å². The average Bonchev–Trinajstić information content (AvgIpc) is 4.23. The Labute approximate surface area is 420 Å². The number of benzene rings is 4. The molecule has 4 aromatic carbocycles. The summed E-state index contributed by atoms with van der Waals surface area (Å²) < 4.78 is 380. The van der Waals surface area contributed by atoms with Gasteiger partial charge < -0.3 is 43.0 Å². The molecule has 0 aromatic heterocycles. The van der Waals surface area contributed by atoms with Gasteiger partial charge in [0.25, 0.3) is 22.4 Å². The Morgan fingerprint density at radius 1 is 0.333 bits per heavy atom. The first-order chi connectivity index (χ1) is 35.6. The highest BCUT2D eigenvalue weighted by atomic mass is 19.4. The summed E-state index contributed by atoms with van der Waals surface area (Å²) in [5, 5.41) is 10.3. The molecule has 4 aromatic rings. The number of aliphatic hydroxyl groups is 1. The van der Waals surface area contributed by atoms with E-state index in [-0.39, 0.29) is 61.7 Å². The Morgan fingerprint density at radius 3 is 0.679 bits per heavy atom. The molecule has 0 saturated carbocycles. The van der Waals surface area contributed by atoms with E-state index < -0.39 is 162 Å². The van der Waals surface area contributed by atoms with E-state index >= 15 is 0 Å². The predicted molar refractivity (Wildman–Crippen MR) is 210 cm³/mol. The molecule has 0 amide bonds. The number of halogens is 24. The van der Waals surface area contributed by atoms with Crippen LogP contribution in [0, 0.1) is 0 Å². The van der Waals surface area contributed by atoms with E-state index in [1.54, 1.807) is 0 Å². The molecule has 2 unspecified atom stereocenters. The van der Waals surface area contributed by atoms with Gasteiger partial charge in [-0.2, -0.15) is 105 Å². The summed E-state index contributed by atoms with van der Waals surface area (Å²) in [5.74, 6) is -2.80. The second-order valence-electron chi connectivity index (χ2n) is 16.8. The summed E-state index contributed by atoms with van der Waals surface area (Å²) >= 11 is 0. The second-order valence-corrected chi connectivity index (χ2v) is 16.8. The van der Waals surface area contributed by atoms with Crippen LogP contribution in [0.5, 0.6) is 23.0 Å². The maximum atomic E-state index is 14.6. The lowest BCUT2D eigenvalue weighted by Crippen LogP contribution is -2.58. The van der Waals surface area contributed by atoms with Gasteiger partial charge in [-0.25, -0.2) is 0 Å². The molecule has 6 rings (SSSR count). The van der Waals surface area contributed by atoms with Crippen LogP contribution in [0.1, 0.15) is 22.3 Å². The molecule has 434 valence electrons. The lowest BCUT2D eigenvalue weighted by Gasteiger charge is -2.39. The summed E-state index contributed by atoms with van der Waals surface area (Å²) in [4.78, 5) is 0. The van der Waals surface area contributed by atoms with Crippen LogP contribution in [0.4, 0.5) is 105 Å². The van der Waals surface area contributed by atoms with Crippen molar-refractivity contribution in [3.63, 3.8) is 0 Å². The Balaban J connectivity index is 1.19. The van der Waals surface area contributed by atoms with Crippen LogP contribution in [0.25, 0.3) is 0 Å². The Morgan fingerprint density at radius 2 is 0.513 bits per heavy atom. The largest absolute Gasteiger partial charge is 0.457 e.